The summed E-state index contributed by atoms with van der Waals surface area (Å²) < 4.78 is 1.56. The monoisotopic (exact) mass is 293 g/mol. The Morgan fingerprint density at radius 3 is 2.85 bits per heavy atom. The van der Waals surface area contributed by atoms with Crippen LogP contribution in [0.1, 0.15) is 47.4 Å². The number of unbranched alkanes of at least 4 members (excludes halogenated alkanes) is 2. The molecule has 1 N–H and O–H groups in total. The molecule has 0 saturated heterocycles. The Labute approximate surface area is 122 Å². The topological polar surface area (TPSA) is 72.7 Å². The molecule has 0 aliphatic carbocycles. The largest absolute Gasteiger partial charge is 0.295 e. The van der Waals surface area contributed by atoms with Crippen LogP contribution in [0, 0.1) is 6.92 Å². The Kier molecular flexibility index (Phi) is 4.84. The number of rotatable bonds is 6. The van der Waals surface area contributed by atoms with Crippen LogP contribution in [-0.4, -0.2) is 25.9 Å². The van der Waals surface area contributed by atoms with Crippen molar-refractivity contribution >= 4 is 22.4 Å². The van der Waals surface area contributed by atoms with Gasteiger partial charge in [-0.15, -0.1) is 10.2 Å². The van der Waals surface area contributed by atoms with Gasteiger partial charge in [-0.25, -0.2) is 0 Å². The van der Waals surface area contributed by atoms with Gasteiger partial charge in [0.25, 0.3) is 5.91 Å². The van der Waals surface area contributed by atoms with E-state index in [0.29, 0.717) is 10.8 Å². The number of nitrogens with zero attached hydrogens (tertiary/aromatic N) is 4. The van der Waals surface area contributed by atoms with Gasteiger partial charge in [-0.2, -0.15) is 5.10 Å². The Morgan fingerprint density at radius 2 is 2.20 bits per heavy atom. The molecule has 2 rings (SSSR count). The van der Waals surface area contributed by atoms with Crippen molar-refractivity contribution in [2.75, 3.05) is 5.32 Å². The highest BCUT2D eigenvalue weighted by atomic mass is 32.1. The van der Waals surface area contributed by atoms with Crippen molar-refractivity contribution in [1.29, 1.82) is 0 Å². The van der Waals surface area contributed by atoms with Crippen LogP contribution in [0.15, 0.2) is 6.07 Å². The Balaban J connectivity index is 1.96. The van der Waals surface area contributed by atoms with Gasteiger partial charge in [-0.05, 0) is 19.4 Å². The van der Waals surface area contributed by atoms with E-state index in [1.165, 1.54) is 24.2 Å². The summed E-state index contributed by atoms with van der Waals surface area (Å²) >= 11 is 1.44. The number of carbonyl (C=O) groups excluding carboxylic acids is 1. The molecule has 1 amide bonds. The van der Waals surface area contributed by atoms with E-state index in [0.717, 1.165) is 23.5 Å². The quantitative estimate of drug-likeness (QED) is 0.831. The predicted octanol–water partition coefficient (Wildman–Crippen LogP) is 2.57. The van der Waals surface area contributed by atoms with Crippen molar-refractivity contribution in [2.24, 2.45) is 7.05 Å². The highest BCUT2D eigenvalue weighted by Crippen LogP contribution is 2.18. The first-order valence-electron chi connectivity index (χ1n) is 6.74. The Bertz CT molecular complexity index is 589. The average Bonchev–Trinajstić information content (AvgIpc) is 2.96. The van der Waals surface area contributed by atoms with E-state index >= 15 is 0 Å². The van der Waals surface area contributed by atoms with Crippen LogP contribution in [0.2, 0.25) is 0 Å². The van der Waals surface area contributed by atoms with E-state index in [1.807, 2.05) is 6.92 Å². The molecule has 6 nitrogen and oxygen atoms in total. The van der Waals surface area contributed by atoms with E-state index in [-0.39, 0.29) is 5.91 Å². The number of carbonyl (C=O) groups is 1. The molecule has 20 heavy (non-hydrogen) atoms. The van der Waals surface area contributed by atoms with Crippen LogP contribution in [0.3, 0.4) is 0 Å². The lowest BCUT2D eigenvalue weighted by Crippen LogP contribution is -2.15. The number of nitrogens with one attached hydrogen (secondary N) is 1. The minimum Gasteiger partial charge on any atom is -0.295 e. The molecule has 7 heteroatoms. The highest BCUT2D eigenvalue weighted by Gasteiger charge is 2.14. The van der Waals surface area contributed by atoms with Gasteiger partial charge in [-0.1, -0.05) is 31.1 Å². The third-order valence-electron chi connectivity index (χ3n) is 2.92. The minimum absolute atomic E-state index is 0.204. The van der Waals surface area contributed by atoms with Crippen molar-refractivity contribution in [1.82, 2.24) is 20.0 Å². The van der Waals surface area contributed by atoms with E-state index < -0.39 is 0 Å². The van der Waals surface area contributed by atoms with Crippen LogP contribution in [0.25, 0.3) is 0 Å². The van der Waals surface area contributed by atoms with Crippen molar-refractivity contribution in [2.45, 2.75) is 39.5 Å². The number of hydrogen-bond acceptors (Lipinski definition) is 5. The molecule has 2 heterocycles. The maximum absolute atomic E-state index is 12.1. The third kappa shape index (κ3) is 3.63. The van der Waals surface area contributed by atoms with Crippen molar-refractivity contribution in [3.05, 3.63) is 22.5 Å². The molecule has 0 radical (unpaired) electrons. The molecule has 0 fully saturated rings. The molecule has 0 aliphatic rings. The first-order chi connectivity index (χ1) is 9.60. The molecule has 0 unspecified atom stereocenters. The number of hydrogen-bond donors (Lipinski definition) is 1. The van der Waals surface area contributed by atoms with E-state index in [1.54, 1.807) is 17.8 Å². The fourth-order valence-corrected chi connectivity index (χ4v) is 2.69. The second-order valence-corrected chi connectivity index (χ2v) is 5.77. The molecule has 2 aromatic rings. The van der Waals surface area contributed by atoms with Crippen molar-refractivity contribution in [3.63, 3.8) is 0 Å². The lowest BCUT2D eigenvalue weighted by Gasteiger charge is -2.00. The molecule has 0 saturated carbocycles. The van der Waals surface area contributed by atoms with Crippen molar-refractivity contribution < 1.29 is 4.79 Å². The number of aromatic nitrogens is 4. The lowest BCUT2D eigenvalue weighted by molar-refractivity contribution is 0.101. The van der Waals surface area contributed by atoms with Gasteiger partial charge >= 0.3 is 0 Å². The lowest BCUT2D eigenvalue weighted by atomic mass is 10.2. The summed E-state index contributed by atoms with van der Waals surface area (Å²) in [6, 6.07) is 1.75. The molecule has 108 valence electrons. The number of amides is 1. The second-order valence-electron chi connectivity index (χ2n) is 4.71. The average molecular weight is 293 g/mol. The summed E-state index contributed by atoms with van der Waals surface area (Å²) in [6.45, 7) is 4.02. The SMILES string of the molecule is CCCCCc1nnc(NC(=O)c2cc(C)nn2C)s1. The van der Waals surface area contributed by atoms with Crippen LogP contribution < -0.4 is 5.32 Å². The van der Waals surface area contributed by atoms with E-state index in [4.69, 9.17) is 0 Å². The summed E-state index contributed by atoms with van der Waals surface area (Å²) in [4.78, 5) is 12.1. The van der Waals surface area contributed by atoms with Gasteiger partial charge in [0.15, 0.2) is 0 Å². The van der Waals surface area contributed by atoms with E-state index in [9.17, 15) is 4.79 Å². The second kappa shape index (κ2) is 6.60. The van der Waals surface area contributed by atoms with Crippen LogP contribution in [-0.2, 0) is 13.5 Å². The summed E-state index contributed by atoms with van der Waals surface area (Å²) in [5.41, 5.74) is 1.33. The zero-order valence-electron chi connectivity index (χ0n) is 12.0. The normalized spacial score (nSPS) is 10.8. The molecule has 0 spiro atoms. The molecule has 0 aliphatic heterocycles. The van der Waals surface area contributed by atoms with Crippen LogP contribution >= 0.6 is 11.3 Å². The Hall–Kier alpha value is -1.76. The highest BCUT2D eigenvalue weighted by molar-refractivity contribution is 7.15. The van der Waals surface area contributed by atoms with Gasteiger partial charge in [-0.3, -0.25) is 14.8 Å². The predicted molar refractivity (Wildman–Crippen MR) is 79.0 cm³/mol. The van der Waals surface area contributed by atoms with Gasteiger partial charge in [0.1, 0.15) is 10.7 Å². The zero-order valence-corrected chi connectivity index (χ0v) is 12.8. The standard InChI is InChI=1S/C13H19N5OS/c1-4-5-6-7-11-15-16-13(20-11)14-12(19)10-8-9(2)17-18(10)3/h8H,4-7H2,1-3H3,(H,14,16,19). The molecular formula is C13H19N5OS. The first-order valence-corrected chi connectivity index (χ1v) is 7.56. The van der Waals surface area contributed by atoms with Gasteiger partial charge in [0.2, 0.25) is 5.13 Å². The molecule has 0 aromatic carbocycles. The molecule has 0 bridgehead atoms. The van der Waals surface area contributed by atoms with Crippen LogP contribution in [0.4, 0.5) is 5.13 Å². The third-order valence-corrected chi connectivity index (χ3v) is 3.81. The smallest absolute Gasteiger partial charge is 0.275 e. The summed E-state index contributed by atoms with van der Waals surface area (Å²) in [5.74, 6) is -0.204. The maximum Gasteiger partial charge on any atom is 0.275 e. The first kappa shape index (κ1) is 14.6. The number of anilines is 1. The summed E-state index contributed by atoms with van der Waals surface area (Å²) in [6.07, 6.45) is 4.41. The van der Waals surface area contributed by atoms with Gasteiger partial charge in [0, 0.05) is 13.5 Å². The van der Waals surface area contributed by atoms with E-state index in [2.05, 4.69) is 27.5 Å². The van der Waals surface area contributed by atoms with Gasteiger partial charge < -0.3 is 0 Å². The van der Waals surface area contributed by atoms with Crippen molar-refractivity contribution in [3.8, 4) is 0 Å². The summed E-state index contributed by atoms with van der Waals surface area (Å²) in [7, 11) is 1.75. The summed E-state index contributed by atoms with van der Waals surface area (Å²) in [5, 5.41) is 16.5. The molecular weight excluding hydrogens is 274 g/mol. The fraction of sp³-hybridized carbons (Fsp3) is 0.538. The number of aryl methyl sites for hydroxylation is 3. The zero-order chi connectivity index (χ0) is 14.5. The van der Waals surface area contributed by atoms with Crippen LogP contribution in [0.5, 0.6) is 0 Å². The minimum atomic E-state index is -0.204. The maximum atomic E-state index is 12.1. The van der Waals surface area contributed by atoms with Gasteiger partial charge in [0.05, 0.1) is 5.69 Å². The molecule has 2 aromatic heterocycles. The molecule has 0 atom stereocenters. The Morgan fingerprint density at radius 1 is 1.40 bits per heavy atom. The fourth-order valence-electron chi connectivity index (χ4n) is 1.92.